The minimum absolute atomic E-state index is 0.00357. The van der Waals surface area contributed by atoms with Gasteiger partial charge in [-0.05, 0) is 118 Å². The van der Waals surface area contributed by atoms with Crippen LogP contribution in [0.25, 0.3) is 0 Å². The fourth-order valence-electron chi connectivity index (χ4n) is 6.68. The Hall–Kier alpha value is -0.0400. The summed E-state index contributed by atoms with van der Waals surface area (Å²) in [6.45, 7) is 9.60. The van der Waals surface area contributed by atoms with Crippen molar-refractivity contribution in [2.75, 3.05) is 0 Å². The van der Waals surface area contributed by atoms with Gasteiger partial charge in [-0.3, -0.25) is 0 Å². The molecule has 3 atom stereocenters. The summed E-state index contributed by atoms with van der Waals surface area (Å²) in [6, 6.07) is 0. The highest BCUT2D eigenvalue weighted by Gasteiger charge is 2.39. The summed E-state index contributed by atoms with van der Waals surface area (Å²) in [5.74, 6) is 6.97. The molecule has 0 aliphatic heterocycles. The van der Waals surface area contributed by atoms with Gasteiger partial charge in [-0.2, -0.15) is 0 Å². The van der Waals surface area contributed by atoms with E-state index in [1.165, 1.54) is 64.2 Å². The summed E-state index contributed by atoms with van der Waals surface area (Å²) in [5, 5.41) is 10.7. The molecule has 1 N–H and O–H groups in total. The first-order valence-electron chi connectivity index (χ1n) is 11.6. The van der Waals surface area contributed by atoms with Gasteiger partial charge in [0.15, 0.2) is 0 Å². The van der Waals surface area contributed by atoms with Crippen LogP contribution in [0.5, 0.6) is 0 Å². The van der Waals surface area contributed by atoms with Gasteiger partial charge in [-0.15, -0.1) is 0 Å². The third-order valence-corrected chi connectivity index (χ3v) is 8.69. The maximum Gasteiger partial charge on any atom is 0.0571 e. The molecule has 3 saturated carbocycles. The molecule has 0 saturated heterocycles. The predicted octanol–water partition coefficient (Wildman–Crippen LogP) is 6.69. The topological polar surface area (TPSA) is 20.2 Å². The Balaban J connectivity index is 1.52. The fourth-order valence-corrected chi connectivity index (χ4v) is 6.68. The predicted molar refractivity (Wildman–Crippen MR) is 107 cm³/mol. The second kappa shape index (κ2) is 8.77. The second-order valence-electron chi connectivity index (χ2n) is 10.6. The fraction of sp³-hybridized carbons (Fsp3) is 1.00. The van der Waals surface area contributed by atoms with Crippen molar-refractivity contribution in [1.82, 2.24) is 0 Å². The molecule has 0 aromatic carbocycles. The van der Waals surface area contributed by atoms with E-state index in [-0.39, 0.29) is 6.10 Å². The Bertz CT molecular complexity index is 385. The van der Waals surface area contributed by atoms with E-state index in [0.29, 0.717) is 5.92 Å². The standard InChI is InChI=1S/C24H44O/c1-16(2)18-5-9-20(10-6-18)22-13-14-24(25)23(15-22)21-11-7-19(8-12-21)17(3)4/h16-25H,5-15H2,1-4H3. The van der Waals surface area contributed by atoms with Crippen LogP contribution in [-0.2, 0) is 0 Å². The zero-order valence-corrected chi connectivity index (χ0v) is 17.4. The number of hydrogen-bond acceptors (Lipinski definition) is 1. The van der Waals surface area contributed by atoms with Gasteiger partial charge in [0.1, 0.15) is 0 Å². The quantitative estimate of drug-likeness (QED) is 0.600. The third kappa shape index (κ3) is 4.82. The van der Waals surface area contributed by atoms with E-state index in [1.807, 2.05) is 0 Å². The van der Waals surface area contributed by atoms with Crippen LogP contribution in [0.15, 0.2) is 0 Å². The van der Waals surface area contributed by atoms with Crippen LogP contribution < -0.4 is 0 Å². The number of rotatable bonds is 4. The molecule has 3 aliphatic rings. The molecule has 3 aliphatic carbocycles. The molecule has 1 heteroatoms. The molecule has 25 heavy (non-hydrogen) atoms. The lowest BCUT2D eigenvalue weighted by atomic mass is 9.62. The zero-order valence-electron chi connectivity index (χ0n) is 17.4. The molecule has 146 valence electrons. The first-order chi connectivity index (χ1) is 12.0. The van der Waals surface area contributed by atoms with Gasteiger partial charge in [0.05, 0.1) is 6.10 Å². The van der Waals surface area contributed by atoms with Crippen molar-refractivity contribution in [1.29, 1.82) is 0 Å². The monoisotopic (exact) mass is 348 g/mol. The van der Waals surface area contributed by atoms with Crippen LogP contribution >= 0.6 is 0 Å². The summed E-state index contributed by atoms with van der Waals surface area (Å²) < 4.78 is 0. The van der Waals surface area contributed by atoms with E-state index in [4.69, 9.17) is 0 Å². The molecule has 0 aromatic heterocycles. The molecule has 0 spiro atoms. The Morgan fingerprint density at radius 3 is 1.48 bits per heavy atom. The van der Waals surface area contributed by atoms with Crippen molar-refractivity contribution in [3.8, 4) is 0 Å². The number of aliphatic hydroxyl groups is 1. The van der Waals surface area contributed by atoms with Crippen molar-refractivity contribution < 1.29 is 5.11 Å². The molecular formula is C24H44O. The van der Waals surface area contributed by atoms with E-state index in [1.54, 1.807) is 0 Å². The lowest BCUT2D eigenvalue weighted by Crippen LogP contribution is -2.39. The molecule has 1 nitrogen and oxygen atoms in total. The van der Waals surface area contributed by atoms with E-state index in [2.05, 4.69) is 27.7 Å². The summed E-state index contributed by atoms with van der Waals surface area (Å²) in [4.78, 5) is 0. The minimum atomic E-state index is 0.00357. The molecule has 3 unspecified atom stereocenters. The molecule has 0 heterocycles. The summed E-state index contributed by atoms with van der Waals surface area (Å²) in [6.07, 6.45) is 15.2. The van der Waals surface area contributed by atoms with Crippen LogP contribution in [0.4, 0.5) is 0 Å². The Morgan fingerprint density at radius 1 is 0.560 bits per heavy atom. The molecule has 0 radical (unpaired) electrons. The van der Waals surface area contributed by atoms with Crippen molar-refractivity contribution in [3.05, 3.63) is 0 Å². The maximum absolute atomic E-state index is 10.7. The van der Waals surface area contributed by atoms with Gasteiger partial charge in [0.25, 0.3) is 0 Å². The van der Waals surface area contributed by atoms with E-state index >= 15 is 0 Å². The van der Waals surface area contributed by atoms with Gasteiger partial charge in [-0.1, -0.05) is 27.7 Å². The summed E-state index contributed by atoms with van der Waals surface area (Å²) in [7, 11) is 0. The van der Waals surface area contributed by atoms with Crippen molar-refractivity contribution in [3.63, 3.8) is 0 Å². The first-order valence-corrected chi connectivity index (χ1v) is 11.6. The molecule has 0 bridgehead atoms. The molecule has 0 aromatic rings. The first kappa shape index (κ1) is 19.7. The SMILES string of the molecule is CC(C)C1CCC(C2CCC(O)C(C3CCC(C(C)C)CC3)C2)CC1. The van der Waals surface area contributed by atoms with E-state index in [9.17, 15) is 5.11 Å². The molecule has 3 rings (SSSR count). The largest absolute Gasteiger partial charge is 0.393 e. The van der Waals surface area contributed by atoms with Crippen molar-refractivity contribution in [2.45, 2.75) is 104 Å². The van der Waals surface area contributed by atoms with Crippen molar-refractivity contribution >= 4 is 0 Å². The van der Waals surface area contributed by atoms with Crippen LogP contribution in [0.1, 0.15) is 98.3 Å². The summed E-state index contributed by atoms with van der Waals surface area (Å²) in [5.41, 5.74) is 0. The normalized spacial score (nSPS) is 43.6. The second-order valence-corrected chi connectivity index (χ2v) is 10.6. The third-order valence-electron chi connectivity index (χ3n) is 8.69. The lowest BCUT2D eigenvalue weighted by Gasteiger charge is -2.45. The van der Waals surface area contributed by atoms with E-state index in [0.717, 1.165) is 47.8 Å². The van der Waals surface area contributed by atoms with Crippen LogP contribution in [0.3, 0.4) is 0 Å². The zero-order chi connectivity index (χ0) is 18.0. The average Bonchev–Trinajstić information content (AvgIpc) is 2.62. The van der Waals surface area contributed by atoms with Crippen LogP contribution in [0.2, 0.25) is 0 Å². The highest BCUT2D eigenvalue weighted by atomic mass is 16.3. The van der Waals surface area contributed by atoms with Crippen LogP contribution in [-0.4, -0.2) is 11.2 Å². The molecular weight excluding hydrogens is 304 g/mol. The highest BCUT2D eigenvalue weighted by molar-refractivity contribution is 4.90. The smallest absolute Gasteiger partial charge is 0.0571 e. The average molecular weight is 349 g/mol. The van der Waals surface area contributed by atoms with Gasteiger partial charge in [-0.25, -0.2) is 0 Å². The van der Waals surface area contributed by atoms with Gasteiger partial charge < -0.3 is 5.11 Å². The maximum atomic E-state index is 10.7. The summed E-state index contributed by atoms with van der Waals surface area (Å²) >= 11 is 0. The minimum Gasteiger partial charge on any atom is -0.393 e. The van der Waals surface area contributed by atoms with Gasteiger partial charge in [0.2, 0.25) is 0 Å². The highest BCUT2D eigenvalue weighted by Crippen LogP contribution is 2.47. The Kier molecular flexibility index (Phi) is 6.91. The Morgan fingerprint density at radius 2 is 1.00 bits per heavy atom. The van der Waals surface area contributed by atoms with E-state index < -0.39 is 0 Å². The molecule has 0 amide bonds. The van der Waals surface area contributed by atoms with Crippen molar-refractivity contribution in [2.24, 2.45) is 47.3 Å². The number of hydrogen-bond donors (Lipinski definition) is 1. The Labute approximate surface area is 157 Å². The van der Waals surface area contributed by atoms with Crippen LogP contribution in [0, 0.1) is 47.3 Å². The molecule has 3 fully saturated rings. The lowest BCUT2D eigenvalue weighted by molar-refractivity contribution is -0.0162. The number of aliphatic hydroxyl groups excluding tert-OH is 1. The van der Waals surface area contributed by atoms with Gasteiger partial charge >= 0.3 is 0 Å². The van der Waals surface area contributed by atoms with Gasteiger partial charge in [0, 0.05) is 0 Å².